The molecule has 1 rings (SSSR count). The zero-order valence-corrected chi connectivity index (χ0v) is 10.4. The van der Waals surface area contributed by atoms with E-state index in [1.807, 2.05) is 24.3 Å². The van der Waals surface area contributed by atoms with Crippen LogP contribution >= 0.6 is 0 Å². The predicted molar refractivity (Wildman–Crippen MR) is 67.0 cm³/mol. The summed E-state index contributed by atoms with van der Waals surface area (Å²) in [6, 6.07) is 5.96. The number of methoxy groups -OCH3 is 1. The van der Waals surface area contributed by atoms with Crippen LogP contribution in [0.25, 0.3) is 0 Å². The highest BCUT2D eigenvalue weighted by Gasteiger charge is 2.13. The van der Waals surface area contributed by atoms with Crippen LogP contribution in [0.3, 0.4) is 0 Å². The third kappa shape index (κ3) is 4.32. The van der Waals surface area contributed by atoms with E-state index in [-0.39, 0.29) is 5.91 Å². The van der Waals surface area contributed by atoms with Crippen LogP contribution in [0.1, 0.15) is 12.5 Å². The maximum absolute atomic E-state index is 11.6. The molecule has 1 unspecified atom stereocenters. The number of rotatable bonds is 5. The molecule has 4 N–H and O–H groups in total. The molecule has 1 aromatic rings. The molecule has 1 aromatic carbocycles. The number of urea groups is 1. The zero-order valence-electron chi connectivity index (χ0n) is 10.4. The summed E-state index contributed by atoms with van der Waals surface area (Å²) in [7, 11) is 1.59. The number of carbonyl (C=O) groups is 2. The molecule has 1 atom stereocenters. The van der Waals surface area contributed by atoms with Crippen LogP contribution in [0.5, 0.6) is 5.75 Å². The van der Waals surface area contributed by atoms with Gasteiger partial charge in [-0.2, -0.15) is 0 Å². The summed E-state index contributed by atoms with van der Waals surface area (Å²) in [5.41, 5.74) is 5.87. The van der Waals surface area contributed by atoms with Gasteiger partial charge in [-0.25, -0.2) is 4.79 Å². The second-order valence-corrected chi connectivity index (χ2v) is 3.80. The minimum Gasteiger partial charge on any atom is -0.497 e. The Bertz CT molecular complexity index is 417. The fourth-order valence-electron chi connectivity index (χ4n) is 1.36. The molecule has 0 bridgehead atoms. The van der Waals surface area contributed by atoms with Crippen molar-refractivity contribution in [3.63, 3.8) is 0 Å². The molecule has 6 heteroatoms. The van der Waals surface area contributed by atoms with Gasteiger partial charge in [0.2, 0.25) is 5.91 Å². The first-order valence-electron chi connectivity index (χ1n) is 5.49. The molecule has 0 saturated heterocycles. The van der Waals surface area contributed by atoms with E-state index in [9.17, 15) is 9.59 Å². The number of primary amides is 1. The van der Waals surface area contributed by atoms with Crippen LogP contribution in [-0.4, -0.2) is 25.1 Å². The van der Waals surface area contributed by atoms with Gasteiger partial charge in [-0.05, 0) is 24.6 Å². The number of nitrogens with two attached hydrogens (primary N) is 1. The molecule has 0 heterocycles. The van der Waals surface area contributed by atoms with Crippen molar-refractivity contribution in [2.45, 2.75) is 19.5 Å². The molecular weight excluding hydrogens is 234 g/mol. The summed E-state index contributed by atoms with van der Waals surface area (Å²) in [5.74, 6) is 0.471. The van der Waals surface area contributed by atoms with E-state index in [1.165, 1.54) is 0 Å². The second kappa shape index (κ2) is 6.48. The smallest absolute Gasteiger partial charge is 0.312 e. The number of amides is 3. The molecule has 0 radical (unpaired) electrons. The lowest BCUT2D eigenvalue weighted by Crippen LogP contribution is -2.46. The molecule has 3 amide bonds. The molecule has 0 spiro atoms. The molecule has 18 heavy (non-hydrogen) atoms. The van der Waals surface area contributed by atoms with Gasteiger partial charge in [0.05, 0.1) is 7.11 Å². The minimum atomic E-state index is -0.720. The van der Waals surface area contributed by atoms with Crippen LogP contribution in [-0.2, 0) is 11.3 Å². The van der Waals surface area contributed by atoms with Crippen LogP contribution in [0.4, 0.5) is 4.79 Å². The van der Waals surface area contributed by atoms with Crippen molar-refractivity contribution in [3.05, 3.63) is 29.8 Å². The van der Waals surface area contributed by atoms with E-state index < -0.39 is 12.1 Å². The zero-order chi connectivity index (χ0) is 13.5. The van der Waals surface area contributed by atoms with Crippen molar-refractivity contribution in [2.75, 3.05) is 7.11 Å². The van der Waals surface area contributed by atoms with Crippen molar-refractivity contribution in [3.8, 4) is 5.75 Å². The van der Waals surface area contributed by atoms with Crippen molar-refractivity contribution >= 4 is 11.9 Å². The third-order valence-corrected chi connectivity index (χ3v) is 2.38. The van der Waals surface area contributed by atoms with Gasteiger partial charge < -0.3 is 21.1 Å². The third-order valence-electron chi connectivity index (χ3n) is 2.38. The molecule has 6 nitrogen and oxygen atoms in total. The molecule has 0 fully saturated rings. The monoisotopic (exact) mass is 251 g/mol. The molecule has 0 aliphatic carbocycles. The molecular formula is C12H17N3O3. The summed E-state index contributed by atoms with van der Waals surface area (Å²) in [6.07, 6.45) is 0. The van der Waals surface area contributed by atoms with E-state index >= 15 is 0 Å². The number of carbonyl (C=O) groups excluding carboxylic acids is 2. The predicted octanol–water partition coefficient (Wildman–Crippen LogP) is 0.368. The van der Waals surface area contributed by atoms with E-state index in [1.54, 1.807) is 14.0 Å². The maximum Gasteiger partial charge on any atom is 0.312 e. The minimum absolute atomic E-state index is 0.287. The molecule has 0 aliphatic rings. The first-order chi connectivity index (χ1) is 8.52. The summed E-state index contributed by atoms with van der Waals surface area (Å²) < 4.78 is 5.03. The highest BCUT2D eigenvalue weighted by Crippen LogP contribution is 2.10. The van der Waals surface area contributed by atoms with Crippen molar-refractivity contribution < 1.29 is 14.3 Å². The highest BCUT2D eigenvalue weighted by atomic mass is 16.5. The average Bonchev–Trinajstić information content (AvgIpc) is 2.35. The van der Waals surface area contributed by atoms with Crippen molar-refractivity contribution in [2.24, 2.45) is 5.73 Å². The second-order valence-electron chi connectivity index (χ2n) is 3.80. The Morgan fingerprint density at radius 2 is 1.94 bits per heavy atom. The van der Waals surface area contributed by atoms with Crippen LogP contribution in [0, 0.1) is 0 Å². The van der Waals surface area contributed by atoms with E-state index in [0.717, 1.165) is 11.3 Å². The van der Waals surface area contributed by atoms with Gasteiger partial charge in [0.15, 0.2) is 0 Å². The molecule has 0 aliphatic heterocycles. The first-order valence-corrected chi connectivity index (χ1v) is 5.49. The van der Waals surface area contributed by atoms with Crippen molar-refractivity contribution in [1.82, 2.24) is 10.6 Å². The SMILES string of the molecule is COc1ccc(CNC(=O)C(C)NC(N)=O)cc1. The number of hydrogen-bond donors (Lipinski definition) is 3. The Morgan fingerprint density at radius 3 is 2.44 bits per heavy atom. The lowest BCUT2D eigenvalue weighted by Gasteiger charge is -2.12. The molecule has 98 valence electrons. The highest BCUT2D eigenvalue weighted by molar-refractivity contribution is 5.86. The van der Waals surface area contributed by atoms with Gasteiger partial charge in [-0.15, -0.1) is 0 Å². The summed E-state index contributed by atoms with van der Waals surface area (Å²) in [5, 5.41) is 5.00. The lowest BCUT2D eigenvalue weighted by atomic mass is 10.2. The largest absolute Gasteiger partial charge is 0.497 e. The van der Waals surface area contributed by atoms with Crippen LogP contribution < -0.4 is 21.1 Å². The fraction of sp³-hybridized carbons (Fsp3) is 0.333. The van der Waals surface area contributed by atoms with Crippen LogP contribution in [0.2, 0.25) is 0 Å². The summed E-state index contributed by atoms with van der Waals surface area (Å²) in [6.45, 7) is 1.95. The first kappa shape index (κ1) is 13.8. The normalized spacial score (nSPS) is 11.4. The number of hydrogen-bond acceptors (Lipinski definition) is 3. The van der Waals surface area contributed by atoms with Gasteiger partial charge in [0, 0.05) is 6.54 Å². The van der Waals surface area contributed by atoms with Gasteiger partial charge in [0.1, 0.15) is 11.8 Å². The molecule has 0 aromatic heterocycles. The van der Waals surface area contributed by atoms with Gasteiger partial charge in [0.25, 0.3) is 0 Å². The van der Waals surface area contributed by atoms with Crippen LogP contribution in [0.15, 0.2) is 24.3 Å². The Morgan fingerprint density at radius 1 is 1.33 bits per heavy atom. The van der Waals surface area contributed by atoms with E-state index in [4.69, 9.17) is 10.5 Å². The maximum atomic E-state index is 11.6. The van der Waals surface area contributed by atoms with E-state index in [2.05, 4.69) is 10.6 Å². The van der Waals surface area contributed by atoms with Gasteiger partial charge >= 0.3 is 6.03 Å². The number of ether oxygens (including phenoxy) is 1. The Balaban J connectivity index is 2.44. The molecule has 0 saturated carbocycles. The Hall–Kier alpha value is -2.24. The number of nitrogens with one attached hydrogen (secondary N) is 2. The summed E-state index contributed by atoms with van der Waals surface area (Å²) >= 11 is 0. The lowest BCUT2D eigenvalue weighted by molar-refractivity contribution is -0.122. The van der Waals surface area contributed by atoms with Crippen molar-refractivity contribution in [1.29, 1.82) is 0 Å². The standard InChI is InChI=1S/C12H17N3O3/c1-8(15-12(13)17)11(16)14-7-9-3-5-10(18-2)6-4-9/h3-6,8H,7H2,1-2H3,(H,14,16)(H3,13,15,17). The van der Waals surface area contributed by atoms with E-state index in [0.29, 0.717) is 6.54 Å². The topological polar surface area (TPSA) is 93.4 Å². The average molecular weight is 251 g/mol. The quantitative estimate of drug-likeness (QED) is 0.705. The summed E-state index contributed by atoms with van der Waals surface area (Å²) in [4.78, 5) is 22.1. The Labute approximate surface area is 105 Å². The number of benzene rings is 1. The Kier molecular flexibility index (Phi) is 4.98. The van der Waals surface area contributed by atoms with Gasteiger partial charge in [-0.1, -0.05) is 12.1 Å². The fourth-order valence-corrected chi connectivity index (χ4v) is 1.36. The van der Waals surface area contributed by atoms with Gasteiger partial charge in [-0.3, -0.25) is 4.79 Å².